The predicted octanol–water partition coefficient (Wildman–Crippen LogP) is 3.45. The SMILES string of the molecule is COc1cc(NCCN(C)C)c([N+](=O)[O-])cc1N(C)c1nccc(-c2cnn3ccccc23)n1. The van der Waals surface area contributed by atoms with Crippen molar-refractivity contribution in [2.75, 3.05) is 51.6 Å². The first-order chi connectivity index (χ1) is 16.4. The second kappa shape index (κ2) is 9.71. The fraction of sp³-hybridized carbons (Fsp3) is 0.261. The van der Waals surface area contributed by atoms with E-state index in [4.69, 9.17) is 9.72 Å². The van der Waals surface area contributed by atoms with Gasteiger partial charge in [-0.3, -0.25) is 10.1 Å². The molecule has 11 nitrogen and oxygen atoms in total. The van der Waals surface area contributed by atoms with Crippen molar-refractivity contribution >= 4 is 28.5 Å². The molecule has 34 heavy (non-hydrogen) atoms. The summed E-state index contributed by atoms with van der Waals surface area (Å²) in [5, 5.41) is 19.3. The number of hydrogen-bond acceptors (Lipinski definition) is 9. The lowest BCUT2D eigenvalue weighted by Gasteiger charge is -2.21. The van der Waals surface area contributed by atoms with Gasteiger partial charge in [0, 0.05) is 50.2 Å². The number of ether oxygens (including phenoxy) is 1. The third-order valence-corrected chi connectivity index (χ3v) is 5.38. The molecule has 4 rings (SSSR count). The Hall–Kier alpha value is -4.25. The highest BCUT2D eigenvalue weighted by Crippen LogP contribution is 2.40. The molecule has 0 saturated carbocycles. The van der Waals surface area contributed by atoms with Gasteiger partial charge in [0.1, 0.15) is 11.4 Å². The third kappa shape index (κ3) is 4.59. The summed E-state index contributed by atoms with van der Waals surface area (Å²) >= 11 is 0. The molecule has 4 aromatic rings. The van der Waals surface area contributed by atoms with Crippen LogP contribution in [-0.2, 0) is 0 Å². The van der Waals surface area contributed by atoms with Crippen molar-refractivity contribution in [3.05, 3.63) is 65.1 Å². The summed E-state index contributed by atoms with van der Waals surface area (Å²) in [6.07, 6.45) is 5.27. The van der Waals surface area contributed by atoms with E-state index < -0.39 is 4.92 Å². The number of likely N-dealkylation sites (N-methyl/N-ethyl adjacent to an activating group) is 1. The van der Waals surface area contributed by atoms with Crippen molar-refractivity contribution < 1.29 is 9.66 Å². The summed E-state index contributed by atoms with van der Waals surface area (Å²) in [7, 11) is 7.15. The maximum absolute atomic E-state index is 11.8. The molecule has 0 atom stereocenters. The zero-order valence-corrected chi connectivity index (χ0v) is 19.5. The smallest absolute Gasteiger partial charge is 0.294 e. The van der Waals surface area contributed by atoms with Crippen molar-refractivity contribution in [3.8, 4) is 17.0 Å². The fourth-order valence-corrected chi connectivity index (χ4v) is 3.59. The molecule has 0 radical (unpaired) electrons. The summed E-state index contributed by atoms with van der Waals surface area (Å²) < 4.78 is 7.34. The van der Waals surface area contributed by atoms with E-state index in [1.54, 1.807) is 41.0 Å². The standard InChI is InChI=1S/C23H26N8O3/c1-28(2)12-10-24-18-13-22(34-4)21(14-20(18)31(32)33)29(3)23-25-9-8-17(27-23)16-15-26-30-11-6-5-7-19(16)30/h5-9,11,13-15,24H,10,12H2,1-4H3. The molecule has 3 aromatic heterocycles. The third-order valence-electron chi connectivity index (χ3n) is 5.38. The molecule has 0 aliphatic heterocycles. The topological polar surface area (TPSA) is 114 Å². The number of rotatable bonds is 9. The molecule has 3 heterocycles. The molecule has 0 aliphatic carbocycles. The maximum atomic E-state index is 11.8. The van der Waals surface area contributed by atoms with Crippen LogP contribution in [0.4, 0.5) is 23.0 Å². The molecule has 176 valence electrons. The van der Waals surface area contributed by atoms with Gasteiger partial charge < -0.3 is 19.9 Å². The molecule has 1 N–H and O–H groups in total. The lowest BCUT2D eigenvalue weighted by molar-refractivity contribution is -0.383. The Morgan fingerprint density at radius 1 is 1.21 bits per heavy atom. The van der Waals surface area contributed by atoms with Crippen LogP contribution in [0.3, 0.4) is 0 Å². The Morgan fingerprint density at radius 3 is 2.76 bits per heavy atom. The van der Waals surface area contributed by atoms with Crippen LogP contribution in [0.1, 0.15) is 0 Å². The fourth-order valence-electron chi connectivity index (χ4n) is 3.59. The minimum Gasteiger partial charge on any atom is -0.494 e. The molecule has 0 saturated heterocycles. The van der Waals surface area contributed by atoms with Gasteiger partial charge in [0.25, 0.3) is 5.69 Å². The Balaban J connectivity index is 1.71. The van der Waals surface area contributed by atoms with Crippen molar-refractivity contribution in [3.63, 3.8) is 0 Å². The zero-order chi connectivity index (χ0) is 24.2. The molecule has 0 unspecified atom stereocenters. The minimum atomic E-state index is -0.412. The van der Waals surface area contributed by atoms with Crippen LogP contribution in [0.25, 0.3) is 16.8 Å². The van der Waals surface area contributed by atoms with Crippen LogP contribution in [0.15, 0.2) is 55.0 Å². The number of fused-ring (bicyclic) bond motifs is 1. The van der Waals surface area contributed by atoms with E-state index >= 15 is 0 Å². The van der Waals surface area contributed by atoms with E-state index in [1.165, 1.54) is 13.2 Å². The average Bonchev–Trinajstić information content (AvgIpc) is 3.27. The van der Waals surface area contributed by atoms with Crippen LogP contribution in [0, 0.1) is 10.1 Å². The number of methoxy groups -OCH3 is 1. The normalized spacial score (nSPS) is 11.1. The van der Waals surface area contributed by atoms with Crippen LogP contribution in [0.5, 0.6) is 5.75 Å². The summed E-state index contributed by atoms with van der Waals surface area (Å²) in [4.78, 5) is 24.2. The van der Waals surface area contributed by atoms with Crippen LogP contribution < -0.4 is 15.0 Å². The van der Waals surface area contributed by atoms with Gasteiger partial charge in [0.05, 0.1) is 35.1 Å². The summed E-state index contributed by atoms with van der Waals surface area (Å²) in [5.74, 6) is 0.833. The molecule has 1 aromatic carbocycles. The van der Waals surface area contributed by atoms with Gasteiger partial charge in [0.2, 0.25) is 5.95 Å². The Bertz CT molecular complexity index is 1320. The zero-order valence-electron chi connectivity index (χ0n) is 19.5. The van der Waals surface area contributed by atoms with Crippen LogP contribution in [-0.4, -0.2) is 70.7 Å². The molecule has 0 fully saturated rings. The first-order valence-corrected chi connectivity index (χ1v) is 10.6. The lowest BCUT2D eigenvalue weighted by Crippen LogP contribution is -2.21. The molecule has 0 amide bonds. The minimum absolute atomic E-state index is 0.0554. The van der Waals surface area contributed by atoms with E-state index in [9.17, 15) is 10.1 Å². The summed E-state index contributed by atoms with van der Waals surface area (Å²) in [5.41, 5.74) is 3.27. The predicted molar refractivity (Wildman–Crippen MR) is 131 cm³/mol. The van der Waals surface area contributed by atoms with Gasteiger partial charge in [-0.25, -0.2) is 14.5 Å². The van der Waals surface area contributed by atoms with Gasteiger partial charge in [-0.1, -0.05) is 6.07 Å². The van der Waals surface area contributed by atoms with Crippen molar-refractivity contribution in [1.29, 1.82) is 0 Å². The number of benzene rings is 1. The number of pyridine rings is 1. The van der Waals surface area contributed by atoms with E-state index in [1.807, 2.05) is 43.4 Å². The van der Waals surface area contributed by atoms with E-state index in [-0.39, 0.29) is 5.69 Å². The first-order valence-electron chi connectivity index (χ1n) is 10.6. The number of nitrogens with zero attached hydrogens (tertiary/aromatic N) is 7. The summed E-state index contributed by atoms with van der Waals surface area (Å²) in [6, 6.07) is 10.7. The maximum Gasteiger partial charge on any atom is 0.294 e. The summed E-state index contributed by atoms with van der Waals surface area (Å²) in [6.45, 7) is 1.28. The highest BCUT2D eigenvalue weighted by atomic mass is 16.6. The van der Waals surface area contributed by atoms with Gasteiger partial charge in [-0.05, 0) is 32.3 Å². The Kier molecular flexibility index (Phi) is 6.55. The first kappa shape index (κ1) is 22.9. The highest BCUT2D eigenvalue weighted by molar-refractivity contribution is 5.80. The lowest BCUT2D eigenvalue weighted by atomic mass is 10.2. The Morgan fingerprint density at radius 2 is 2.03 bits per heavy atom. The average molecular weight is 463 g/mol. The molecule has 11 heteroatoms. The number of nitro groups is 1. The second-order valence-electron chi connectivity index (χ2n) is 7.92. The quantitative estimate of drug-likeness (QED) is 0.295. The van der Waals surface area contributed by atoms with Gasteiger partial charge in [0.15, 0.2) is 0 Å². The Labute approximate surface area is 196 Å². The number of nitrogens with one attached hydrogen (secondary N) is 1. The monoisotopic (exact) mass is 462 g/mol. The van der Waals surface area contributed by atoms with Crippen molar-refractivity contribution in [2.24, 2.45) is 0 Å². The number of hydrogen-bond donors (Lipinski definition) is 1. The number of anilines is 3. The largest absolute Gasteiger partial charge is 0.494 e. The number of aromatic nitrogens is 4. The van der Waals surface area contributed by atoms with Crippen LogP contribution in [0.2, 0.25) is 0 Å². The molecular formula is C23H26N8O3. The molecule has 0 bridgehead atoms. The van der Waals surface area contributed by atoms with Crippen LogP contribution >= 0.6 is 0 Å². The van der Waals surface area contributed by atoms with Gasteiger partial charge in [-0.2, -0.15) is 5.10 Å². The van der Waals surface area contributed by atoms with Gasteiger partial charge >= 0.3 is 0 Å². The van der Waals surface area contributed by atoms with E-state index in [2.05, 4.69) is 15.4 Å². The second-order valence-corrected chi connectivity index (χ2v) is 7.92. The molecule has 0 spiro atoms. The van der Waals surface area contributed by atoms with E-state index in [0.29, 0.717) is 35.3 Å². The molecular weight excluding hydrogens is 436 g/mol. The van der Waals surface area contributed by atoms with E-state index in [0.717, 1.165) is 17.6 Å². The number of nitro benzene ring substituents is 1. The molecule has 0 aliphatic rings. The van der Waals surface area contributed by atoms with Gasteiger partial charge in [-0.15, -0.1) is 0 Å². The highest BCUT2D eigenvalue weighted by Gasteiger charge is 2.23. The van der Waals surface area contributed by atoms with Crippen molar-refractivity contribution in [1.82, 2.24) is 24.5 Å². The van der Waals surface area contributed by atoms with Crippen molar-refractivity contribution in [2.45, 2.75) is 0 Å².